The lowest BCUT2D eigenvalue weighted by Gasteiger charge is -2.38. The Balaban J connectivity index is 0.00000323. The quantitative estimate of drug-likeness (QED) is 0.405. The average Bonchev–Trinajstić information content (AvgIpc) is 2.98. The maximum absolute atomic E-state index is 13.1. The minimum atomic E-state index is 0. The van der Waals surface area contributed by atoms with Crippen molar-refractivity contribution < 1.29 is 14.3 Å². The zero-order valence-corrected chi connectivity index (χ0v) is 28.8. The average molecular weight is 672 g/mol. The molecule has 246 valence electrons. The fourth-order valence-corrected chi connectivity index (χ4v) is 5.41. The summed E-state index contributed by atoms with van der Waals surface area (Å²) in [4.78, 5) is 38.6. The van der Waals surface area contributed by atoms with Crippen LogP contribution < -0.4 is 15.0 Å². The van der Waals surface area contributed by atoms with Crippen molar-refractivity contribution in [1.82, 2.24) is 25.0 Å². The molecule has 2 amide bonds. The van der Waals surface area contributed by atoms with Gasteiger partial charge in [0, 0.05) is 89.3 Å². The molecule has 12 heteroatoms. The summed E-state index contributed by atoms with van der Waals surface area (Å²) in [6.07, 6.45) is 8.21. The number of likely N-dealkylation sites (N-methyl/N-ethyl adjacent to an activating group) is 3. The molecule has 1 aromatic heterocycles. The molecule has 1 N–H and O–H groups in total. The number of anilines is 1. The van der Waals surface area contributed by atoms with Gasteiger partial charge in [0.25, 0.3) is 0 Å². The van der Waals surface area contributed by atoms with Crippen LogP contribution in [-0.2, 0) is 22.6 Å². The second kappa shape index (κ2) is 19.7. The zero-order chi connectivity index (χ0) is 29.2. The Morgan fingerprint density at radius 3 is 2.57 bits per heavy atom. The molecule has 1 aromatic carbocycles. The van der Waals surface area contributed by atoms with Crippen LogP contribution in [0.4, 0.5) is 5.69 Å². The van der Waals surface area contributed by atoms with Crippen LogP contribution in [0.5, 0.6) is 5.75 Å². The van der Waals surface area contributed by atoms with Gasteiger partial charge in [0.05, 0.1) is 6.54 Å². The van der Waals surface area contributed by atoms with Crippen molar-refractivity contribution in [3.8, 4) is 5.75 Å². The number of benzene rings is 1. The van der Waals surface area contributed by atoms with Crippen molar-refractivity contribution in [3.63, 3.8) is 0 Å². The third-order valence-electron chi connectivity index (χ3n) is 8.13. The molecule has 0 unspecified atom stereocenters. The lowest BCUT2D eigenvalue weighted by atomic mass is 9.82. The molecule has 1 saturated heterocycles. The van der Waals surface area contributed by atoms with Gasteiger partial charge in [-0.3, -0.25) is 14.6 Å². The lowest BCUT2D eigenvalue weighted by molar-refractivity contribution is -0.134. The van der Waals surface area contributed by atoms with E-state index >= 15 is 0 Å². The topological polar surface area (TPSA) is 81.2 Å². The number of rotatable bonds is 9. The summed E-state index contributed by atoms with van der Waals surface area (Å²) in [5.41, 5.74) is 3.19. The first kappa shape index (κ1) is 39.5. The largest absolute Gasteiger partial charge is 0.489 e. The fourth-order valence-electron chi connectivity index (χ4n) is 5.41. The molecule has 3 heterocycles. The van der Waals surface area contributed by atoms with Crippen LogP contribution in [0, 0.1) is 11.8 Å². The molecule has 2 aliphatic rings. The molecule has 2 aliphatic heterocycles. The Labute approximate surface area is 281 Å². The van der Waals surface area contributed by atoms with Crippen molar-refractivity contribution in [1.29, 1.82) is 0 Å². The number of hydrogen-bond acceptors (Lipinski definition) is 7. The van der Waals surface area contributed by atoms with E-state index in [4.69, 9.17) is 4.74 Å². The molecule has 0 spiro atoms. The number of carbonyl (C=O) groups excluding carboxylic acids is 2. The summed E-state index contributed by atoms with van der Waals surface area (Å²) in [5, 5.41) is 3.35. The van der Waals surface area contributed by atoms with Crippen LogP contribution in [-0.4, -0.2) is 106 Å². The maximum Gasteiger partial charge on any atom is 0.236 e. The van der Waals surface area contributed by atoms with Gasteiger partial charge in [0.15, 0.2) is 0 Å². The summed E-state index contributed by atoms with van der Waals surface area (Å²) in [6, 6.07) is 12.2. The predicted molar refractivity (Wildman–Crippen MR) is 185 cm³/mol. The number of aromatic nitrogens is 1. The van der Waals surface area contributed by atoms with Gasteiger partial charge < -0.3 is 29.7 Å². The van der Waals surface area contributed by atoms with E-state index in [1.807, 2.05) is 67.5 Å². The Hall–Kier alpha value is -2.56. The molecule has 1 fully saturated rings. The van der Waals surface area contributed by atoms with Gasteiger partial charge >= 0.3 is 0 Å². The number of halogens is 3. The smallest absolute Gasteiger partial charge is 0.236 e. The van der Waals surface area contributed by atoms with E-state index in [1.165, 1.54) is 0 Å². The monoisotopic (exact) mass is 670 g/mol. The van der Waals surface area contributed by atoms with Crippen LogP contribution >= 0.6 is 37.2 Å². The second-order valence-corrected chi connectivity index (χ2v) is 11.5. The first-order valence-electron chi connectivity index (χ1n) is 14.7. The lowest BCUT2D eigenvalue weighted by Crippen LogP contribution is -2.47. The van der Waals surface area contributed by atoms with Crippen molar-refractivity contribution >= 4 is 54.7 Å². The van der Waals surface area contributed by atoms with Gasteiger partial charge in [-0.1, -0.05) is 18.2 Å². The Kier molecular flexibility index (Phi) is 17.7. The van der Waals surface area contributed by atoms with E-state index < -0.39 is 0 Å². The van der Waals surface area contributed by atoms with Gasteiger partial charge in [0.2, 0.25) is 11.8 Å². The van der Waals surface area contributed by atoms with Crippen LogP contribution in [0.25, 0.3) is 0 Å². The van der Waals surface area contributed by atoms with Crippen molar-refractivity contribution in [2.45, 2.75) is 25.8 Å². The van der Waals surface area contributed by atoms with Gasteiger partial charge in [-0.05, 0) is 62.7 Å². The molecule has 0 radical (unpaired) electrons. The third kappa shape index (κ3) is 11.7. The van der Waals surface area contributed by atoms with E-state index in [9.17, 15) is 9.59 Å². The number of piperidine rings is 1. The number of carbonyl (C=O) groups is 2. The van der Waals surface area contributed by atoms with Crippen LogP contribution in [0.2, 0.25) is 0 Å². The first-order chi connectivity index (χ1) is 19.8. The number of amides is 2. The molecule has 0 saturated carbocycles. The predicted octanol–water partition coefficient (Wildman–Crippen LogP) is 3.94. The zero-order valence-electron chi connectivity index (χ0n) is 26.3. The van der Waals surface area contributed by atoms with Crippen molar-refractivity contribution in [3.05, 3.63) is 66.0 Å². The van der Waals surface area contributed by atoms with Crippen molar-refractivity contribution in [2.24, 2.45) is 11.8 Å². The normalized spacial score (nSPS) is 18.1. The second-order valence-electron chi connectivity index (χ2n) is 11.5. The Bertz CT molecular complexity index is 1190. The fraction of sp³-hybridized carbons (Fsp3) is 0.531. The van der Waals surface area contributed by atoms with Crippen LogP contribution in [0.15, 0.2) is 54.7 Å². The molecule has 2 bridgehead atoms. The van der Waals surface area contributed by atoms with E-state index in [-0.39, 0.29) is 67.4 Å². The number of pyridine rings is 1. The minimum Gasteiger partial charge on any atom is -0.489 e. The molecule has 2 aromatic rings. The molecule has 0 aliphatic carbocycles. The van der Waals surface area contributed by atoms with Gasteiger partial charge in [0.1, 0.15) is 12.4 Å². The summed E-state index contributed by atoms with van der Waals surface area (Å²) < 4.78 is 6.20. The van der Waals surface area contributed by atoms with Crippen LogP contribution in [0.1, 0.15) is 24.1 Å². The molecular formula is C32H49Cl3N6O3. The number of fused-ring (bicyclic) bond motifs is 3. The minimum absolute atomic E-state index is 0. The highest BCUT2D eigenvalue weighted by Gasteiger charge is 2.32. The Morgan fingerprint density at radius 2 is 1.84 bits per heavy atom. The highest BCUT2D eigenvalue weighted by molar-refractivity contribution is 5.86. The third-order valence-corrected chi connectivity index (χ3v) is 8.13. The number of hydrogen-bond donors (Lipinski definition) is 1. The highest BCUT2D eigenvalue weighted by atomic mass is 35.5. The summed E-state index contributed by atoms with van der Waals surface area (Å²) in [6.45, 7) is 4.97. The molecule has 4 rings (SSSR count). The number of nitrogens with zero attached hydrogens (tertiary/aromatic N) is 5. The van der Waals surface area contributed by atoms with Gasteiger partial charge in [-0.25, -0.2) is 0 Å². The van der Waals surface area contributed by atoms with Crippen LogP contribution in [0.3, 0.4) is 0 Å². The maximum atomic E-state index is 13.1. The number of ether oxygens (including phenoxy) is 1. The molecule has 9 nitrogen and oxygen atoms in total. The van der Waals surface area contributed by atoms with E-state index in [1.54, 1.807) is 0 Å². The molecule has 2 atom stereocenters. The van der Waals surface area contributed by atoms with E-state index in [2.05, 4.69) is 45.4 Å². The van der Waals surface area contributed by atoms with E-state index in [0.717, 1.165) is 48.6 Å². The Morgan fingerprint density at radius 1 is 1.05 bits per heavy atom. The summed E-state index contributed by atoms with van der Waals surface area (Å²) >= 11 is 0. The standard InChI is InChI=1S/C32H46N6O3.3ClH/c1-35(2)17-18-37(4)31(39)21-25-12-16-38-24-26(25)8-7-19-41-30-11-10-29(20-27(30)22-33-23-32(38)40)36(3)15-13-28-9-5-6-14-34-28;;;/h5-11,14,20,25-26,33H,12-13,15-19,21-24H2,1-4H3;3*1H/t25-,26-;;;/m0.../s1. The SMILES string of the molecule is CN(C)CCN(C)C(=O)C[C@@H]1CCN2C[C@@H]1C=CCOc1ccc(N(C)CCc3ccccn3)cc1CNCC2=O.Cl.Cl.Cl. The van der Waals surface area contributed by atoms with Crippen molar-refractivity contribution in [2.75, 3.05) is 79.0 Å². The molecule has 44 heavy (non-hydrogen) atoms. The summed E-state index contributed by atoms with van der Waals surface area (Å²) in [5.74, 6) is 1.41. The van der Waals surface area contributed by atoms with Gasteiger partial charge in [-0.15, -0.1) is 37.2 Å². The number of nitrogens with one attached hydrogen (secondary N) is 1. The van der Waals surface area contributed by atoms with Gasteiger partial charge in [-0.2, -0.15) is 0 Å². The first-order valence-corrected chi connectivity index (χ1v) is 14.7. The van der Waals surface area contributed by atoms with E-state index in [0.29, 0.717) is 39.2 Å². The summed E-state index contributed by atoms with van der Waals surface area (Å²) in [7, 11) is 7.99. The molecular weight excluding hydrogens is 623 g/mol. The highest BCUT2D eigenvalue weighted by Crippen LogP contribution is 2.29.